The van der Waals surface area contributed by atoms with Gasteiger partial charge >= 0.3 is 5.76 Å². The van der Waals surface area contributed by atoms with E-state index in [1.165, 1.54) is 30.0 Å². The molecule has 0 spiro atoms. The molecule has 1 aromatic carbocycles. The number of nitrogens with zero attached hydrogens (tertiary/aromatic N) is 4. The van der Waals surface area contributed by atoms with Crippen LogP contribution in [0.25, 0.3) is 17.2 Å². The van der Waals surface area contributed by atoms with E-state index in [1.54, 1.807) is 0 Å². The molecule has 3 aromatic rings. The van der Waals surface area contributed by atoms with Gasteiger partial charge < -0.3 is 5.73 Å². The van der Waals surface area contributed by atoms with Crippen molar-refractivity contribution in [1.29, 1.82) is 0 Å². The number of benzene rings is 1. The number of rotatable bonds is 6. The van der Waals surface area contributed by atoms with E-state index in [9.17, 15) is 14.0 Å². The van der Waals surface area contributed by atoms with Gasteiger partial charge in [0.2, 0.25) is 11.7 Å². The SMILES string of the molecule is NC(=O)CCSc1nonc1-c1noc(=O)n1-c1ccc(F)c(I)c1. The zero-order chi connectivity index (χ0) is 18.0. The number of carbonyl (C=O) groups is 1. The molecule has 25 heavy (non-hydrogen) atoms. The van der Waals surface area contributed by atoms with Crippen molar-refractivity contribution < 1.29 is 18.3 Å². The Hall–Kier alpha value is -2.22. The molecular weight excluding hydrogens is 468 g/mol. The Balaban J connectivity index is 2.00. The second-order valence-electron chi connectivity index (χ2n) is 4.69. The summed E-state index contributed by atoms with van der Waals surface area (Å²) in [7, 11) is 0. The zero-order valence-corrected chi connectivity index (χ0v) is 15.3. The minimum atomic E-state index is -0.770. The number of carbonyl (C=O) groups excluding carboxylic acids is 1. The summed E-state index contributed by atoms with van der Waals surface area (Å²) in [5, 5.41) is 11.5. The van der Waals surface area contributed by atoms with Gasteiger partial charge in [-0.3, -0.25) is 9.32 Å². The van der Waals surface area contributed by atoms with Crippen molar-refractivity contribution in [2.45, 2.75) is 11.4 Å². The highest BCUT2D eigenvalue weighted by Gasteiger charge is 2.23. The number of amides is 1. The first-order chi connectivity index (χ1) is 12.0. The van der Waals surface area contributed by atoms with Crippen LogP contribution in [0.1, 0.15) is 6.42 Å². The lowest BCUT2D eigenvalue weighted by molar-refractivity contribution is -0.117. The first-order valence-electron chi connectivity index (χ1n) is 6.75. The third-order valence-electron chi connectivity index (χ3n) is 3.02. The van der Waals surface area contributed by atoms with Crippen molar-refractivity contribution in [2.24, 2.45) is 5.73 Å². The Bertz CT molecular complexity index is 985. The largest absolute Gasteiger partial charge is 0.446 e. The normalized spacial score (nSPS) is 11.0. The van der Waals surface area contributed by atoms with Crippen LogP contribution in [-0.2, 0) is 4.79 Å². The molecular formula is C13H9FIN5O4S. The van der Waals surface area contributed by atoms with Crippen LogP contribution in [0.5, 0.6) is 0 Å². The van der Waals surface area contributed by atoms with Crippen LogP contribution in [0.15, 0.2) is 37.2 Å². The number of thioether (sulfide) groups is 1. The molecule has 0 aliphatic carbocycles. The number of nitrogens with two attached hydrogens (primary N) is 1. The van der Waals surface area contributed by atoms with Crippen molar-refractivity contribution in [3.63, 3.8) is 0 Å². The van der Waals surface area contributed by atoms with Gasteiger partial charge in [-0.1, -0.05) is 16.9 Å². The van der Waals surface area contributed by atoms with Crippen molar-refractivity contribution in [3.8, 4) is 17.2 Å². The molecule has 2 aromatic heterocycles. The fraction of sp³-hybridized carbons (Fsp3) is 0.154. The lowest BCUT2D eigenvalue weighted by Crippen LogP contribution is -2.14. The van der Waals surface area contributed by atoms with Crippen molar-refractivity contribution in [1.82, 2.24) is 20.0 Å². The van der Waals surface area contributed by atoms with E-state index in [0.29, 0.717) is 20.0 Å². The molecule has 2 N–H and O–H groups in total. The van der Waals surface area contributed by atoms with Crippen molar-refractivity contribution >= 4 is 40.3 Å². The maximum atomic E-state index is 13.5. The molecule has 130 valence electrons. The maximum Gasteiger partial charge on any atom is 0.446 e. The Morgan fingerprint density at radius 1 is 1.36 bits per heavy atom. The molecule has 0 aliphatic rings. The number of primary amides is 1. The summed E-state index contributed by atoms with van der Waals surface area (Å²) in [6.07, 6.45) is 0.138. The third-order valence-corrected chi connectivity index (χ3v) is 4.80. The van der Waals surface area contributed by atoms with Gasteiger partial charge in [0, 0.05) is 12.2 Å². The lowest BCUT2D eigenvalue weighted by Gasteiger charge is -2.04. The van der Waals surface area contributed by atoms with Crippen LogP contribution in [0.3, 0.4) is 0 Å². The summed E-state index contributed by atoms with van der Waals surface area (Å²) in [4.78, 5) is 22.9. The Kier molecular flexibility index (Phi) is 5.17. The number of halogens is 2. The second-order valence-corrected chi connectivity index (χ2v) is 6.93. The predicted octanol–water partition coefficient (Wildman–Crippen LogP) is 1.59. The topological polar surface area (TPSA) is 130 Å². The molecule has 3 rings (SSSR count). The smallest absolute Gasteiger partial charge is 0.370 e. The van der Waals surface area contributed by atoms with E-state index in [2.05, 4.69) is 15.5 Å². The Labute approximate surface area is 156 Å². The van der Waals surface area contributed by atoms with E-state index < -0.39 is 17.5 Å². The average molecular weight is 477 g/mol. The van der Waals surface area contributed by atoms with Crippen LogP contribution in [0, 0.1) is 9.39 Å². The van der Waals surface area contributed by atoms with Gasteiger partial charge in [0.15, 0.2) is 10.7 Å². The minimum Gasteiger partial charge on any atom is -0.370 e. The molecule has 12 heteroatoms. The molecule has 0 fully saturated rings. The van der Waals surface area contributed by atoms with Gasteiger partial charge in [0.1, 0.15) is 5.82 Å². The lowest BCUT2D eigenvalue weighted by atomic mass is 10.3. The predicted molar refractivity (Wildman–Crippen MR) is 92.6 cm³/mol. The quantitative estimate of drug-likeness (QED) is 0.419. The molecule has 0 unspecified atom stereocenters. The highest BCUT2D eigenvalue weighted by molar-refractivity contribution is 14.1. The number of aromatic nitrogens is 4. The summed E-state index contributed by atoms with van der Waals surface area (Å²) in [5.74, 6) is -1.23. The molecule has 0 saturated carbocycles. The summed E-state index contributed by atoms with van der Waals surface area (Å²) < 4.78 is 24.3. The van der Waals surface area contributed by atoms with Crippen LogP contribution in [0.2, 0.25) is 0 Å². The van der Waals surface area contributed by atoms with Crippen LogP contribution in [-0.4, -0.2) is 31.7 Å². The molecule has 1 amide bonds. The molecule has 2 heterocycles. The Morgan fingerprint density at radius 3 is 2.88 bits per heavy atom. The monoisotopic (exact) mass is 477 g/mol. The van der Waals surface area contributed by atoms with Gasteiger partial charge in [0.05, 0.1) is 9.26 Å². The van der Waals surface area contributed by atoms with E-state index in [1.807, 2.05) is 22.6 Å². The molecule has 0 bridgehead atoms. The van der Waals surface area contributed by atoms with Gasteiger partial charge in [-0.05, 0) is 51.1 Å². The van der Waals surface area contributed by atoms with Gasteiger partial charge in [0.25, 0.3) is 0 Å². The molecule has 0 radical (unpaired) electrons. The fourth-order valence-corrected chi connectivity index (χ4v) is 3.26. The highest BCUT2D eigenvalue weighted by atomic mass is 127. The maximum absolute atomic E-state index is 13.5. The summed E-state index contributed by atoms with van der Waals surface area (Å²) >= 11 is 2.98. The average Bonchev–Trinajstić information content (AvgIpc) is 3.16. The second kappa shape index (κ2) is 7.35. The minimum absolute atomic E-state index is 0.0511. The van der Waals surface area contributed by atoms with E-state index in [0.717, 1.165) is 4.57 Å². The van der Waals surface area contributed by atoms with E-state index in [4.69, 9.17) is 14.9 Å². The standard InChI is InChI=1S/C13H9FIN5O4S/c14-7-2-1-6(5-8(7)15)20-11(18-23-13(20)22)10-12(19-24-17-10)25-4-3-9(16)21/h1-2,5H,3-4H2,(H2,16,21). The van der Waals surface area contributed by atoms with E-state index >= 15 is 0 Å². The van der Waals surface area contributed by atoms with Crippen LogP contribution >= 0.6 is 34.4 Å². The van der Waals surface area contributed by atoms with Crippen molar-refractivity contribution in [3.05, 3.63) is 38.1 Å². The number of hydrogen-bond acceptors (Lipinski definition) is 8. The molecule has 9 nitrogen and oxygen atoms in total. The number of hydrogen-bond donors (Lipinski definition) is 1. The third kappa shape index (κ3) is 3.73. The Morgan fingerprint density at radius 2 is 2.16 bits per heavy atom. The molecule has 0 atom stereocenters. The summed E-state index contributed by atoms with van der Waals surface area (Å²) in [6.45, 7) is 0. The van der Waals surface area contributed by atoms with Gasteiger partial charge in [-0.15, -0.1) is 0 Å². The fourth-order valence-electron chi connectivity index (χ4n) is 1.91. The van der Waals surface area contributed by atoms with Crippen LogP contribution in [0.4, 0.5) is 4.39 Å². The zero-order valence-electron chi connectivity index (χ0n) is 12.3. The summed E-state index contributed by atoms with van der Waals surface area (Å²) in [6, 6.07) is 4.10. The highest BCUT2D eigenvalue weighted by Crippen LogP contribution is 2.28. The van der Waals surface area contributed by atoms with Gasteiger partial charge in [-0.2, -0.15) is 0 Å². The molecule has 0 aliphatic heterocycles. The van der Waals surface area contributed by atoms with Crippen molar-refractivity contribution in [2.75, 3.05) is 5.75 Å². The summed E-state index contributed by atoms with van der Waals surface area (Å²) in [5.41, 5.74) is 5.61. The van der Waals surface area contributed by atoms with Crippen LogP contribution < -0.4 is 11.5 Å². The van der Waals surface area contributed by atoms with E-state index in [-0.39, 0.29) is 17.9 Å². The first-order valence-corrected chi connectivity index (χ1v) is 8.82. The van der Waals surface area contributed by atoms with Gasteiger partial charge in [-0.25, -0.2) is 18.4 Å². The first kappa shape index (κ1) is 17.6. The molecule has 0 saturated heterocycles.